The van der Waals surface area contributed by atoms with E-state index in [1.165, 1.54) is 0 Å². The summed E-state index contributed by atoms with van der Waals surface area (Å²) < 4.78 is 11.0. The molecule has 6 heteroatoms. The standard InChI is InChI=1S/C18H15ClN2O3/c1-23-14-4-2-3-13(9-14)21-10-11(7-17(21)22)18-20-15-8-12(19)5-6-16(15)24-18/h2-6,8-9,11H,7,10H2,1H3/t11-/m0/s1. The van der Waals surface area contributed by atoms with Crippen LogP contribution >= 0.6 is 11.6 Å². The van der Waals surface area contributed by atoms with Crippen LogP contribution in [0.15, 0.2) is 46.9 Å². The lowest BCUT2D eigenvalue weighted by atomic mass is 10.1. The first kappa shape index (κ1) is 15.0. The number of amides is 1. The van der Waals surface area contributed by atoms with E-state index in [4.69, 9.17) is 20.8 Å². The molecule has 5 nitrogen and oxygen atoms in total. The lowest BCUT2D eigenvalue weighted by Crippen LogP contribution is -2.24. The predicted octanol–water partition coefficient (Wildman–Crippen LogP) is 4.01. The number of ether oxygens (including phenoxy) is 1. The number of carbonyl (C=O) groups excluding carboxylic acids is 1. The first-order valence-electron chi connectivity index (χ1n) is 7.64. The molecule has 1 aromatic heterocycles. The molecule has 1 saturated heterocycles. The fourth-order valence-corrected chi connectivity index (χ4v) is 3.16. The van der Waals surface area contributed by atoms with Gasteiger partial charge in [-0.2, -0.15) is 0 Å². The maximum absolute atomic E-state index is 12.4. The van der Waals surface area contributed by atoms with Crippen molar-refractivity contribution in [2.45, 2.75) is 12.3 Å². The molecule has 0 bridgehead atoms. The molecule has 0 saturated carbocycles. The molecule has 1 aliphatic rings. The lowest BCUT2D eigenvalue weighted by Gasteiger charge is -2.16. The van der Waals surface area contributed by atoms with Crippen molar-refractivity contribution in [3.8, 4) is 5.75 Å². The minimum Gasteiger partial charge on any atom is -0.497 e. The summed E-state index contributed by atoms with van der Waals surface area (Å²) in [5, 5.41) is 0.614. The monoisotopic (exact) mass is 342 g/mol. The molecule has 0 N–H and O–H groups in total. The van der Waals surface area contributed by atoms with Crippen molar-refractivity contribution in [2.75, 3.05) is 18.6 Å². The zero-order chi connectivity index (χ0) is 16.7. The number of carbonyl (C=O) groups is 1. The summed E-state index contributed by atoms with van der Waals surface area (Å²) in [6.45, 7) is 0.534. The van der Waals surface area contributed by atoms with E-state index in [-0.39, 0.29) is 11.8 Å². The van der Waals surface area contributed by atoms with Crippen molar-refractivity contribution >= 4 is 34.3 Å². The molecule has 4 rings (SSSR count). The van der Waals surface area contributed by atoms with Crippen LogP contribution in [-0.2, 0) is 4.79 Å². The molecule has 0 unspecified atom stereocenters. The minimum absolute atomic E-state index is 0.0496. The molecule has 2 heterocycles. The summed E-state index contributed by atoms with van der Waals surface area (Å²) in [6.07, 6.45) is 0.373. The molecular weight excluding hydrogens is 328 g/mol. The molecule has 1 amide bonds. The maximum Gasteiger partial charge on any atom is 0.227 e. The highest BCUT2D eigenvalue weighted by atomic mass is 35.5. The van der Waals surface area contributed by atoms with Crippen molar-refractivity contribution in [1.29, 1.82) is 0 Å². The second-order valence-electron chi connectivity index (χ2n) is 5.77. The van der Waals surface area contributed by atoms with Crippen LogP contribution in [0, 0.1) is 0 Å². The van der Waals surface area contributed by atoms with Crippen molar-refractivity contribution in [1.82, 2.24) is 4.98 Å². The summed E-state index contributed by atoms with van der Waals surface area (Å²) in [4.78, 5) is 18.7. The van der Waals surface area contributed by atoms with Gasteiger partial charge in [0.15, 0.2) is 5.58 Å². The largest absolute Gasteiger partial charge is 0.497 e. The van der Waals surface area contributed by atoms with Crippen LogP contribution in [-0.4, -0.2) is 24.5 Å². The minimum atomic E-state index is -0.0742. The Kier molecular flexibility index (Phi) is 3.65. The topological polar surface area (TPSA) is 55.6 Å². The number of hydrogen-bond acceptors (Lipinski definition) is 4. The third-order valence-corrected chi connectivity index (χ3v) is 4.44. The van der Waals surface area contributed by atoms with Crippen molar-refractivity contribution in [3.05, 3.63) is 53.4 Å². The zero-order valence-electron chi connectivity index (χ0n) is 13.0. The average Bonchev–Trinajstić information content (AvgIpc) is 3.17. The number of anilines is 1. The summed E-state index contributed by atoms with van der Waals surface area (Å²) in [6, 6.07) is 12.8. The molecule has 0 aliphatic carbocycles. The van der Waals surface area contributed by atoms with E-state index in [2.05, 4.69) is 4.98 Å². The van der Waals surface area contributed by atoms with E-state index >= 15 is 0 Å². The van der Waals surface area contributed by atoms with Crippen LogP contribution in [0.3, 0.4) is 0 Å². The van der Waals surface area contributed by atoms with Gasteiger partial charge in [-0.05, 0) is 30.3 Å². The fourth-order valence-electron chi connectivity index (χ4n) is 2.99. The van der Waals surface area contributed by atoms with Gasteiger partial charge in [0.05, 0.1) is 13.0 Å². The molecule has 1 fully saturated rings. The van der Waals surface area contributed by atoms with Crippen LogP contribution in [0.5, 0.6) is 5.75 Å². The normalized spacial score (nSPS) is 17.7. The number of methoxy groups -OCH3 is 1. The number of fused-ring (bicyclic) bond motifs is 1. The Morgan fingerprint density at radius 2 is 2.17 bits per heavy atom. The quantitative estimate of drug-likeness (QED) is 0.721. The third-order valence-electron chi connectivity index (χ3n) is 4.21. The molecule has 122 valence electrons. The predicted molar refractivity (Wildman–Crippen MR) is 91.7 cm³/mol. The van der Waals surface area contributed by atoms with E-state index in [0.29, 0.717) is 35.0 Å². The van der Waals surface area contributed by atoms with Gasteiger partial charge in [-0.25, -0.2) is 4.98 Å². The summed E-state index contributed by atoms with van der Waals surface area (Å²) >= 11 is 5.99. The van der Waals surface area contributed by atoms with E-state index < -0.39 is 0 Å². The summed E-state index contributed by atoms with van der Waals surface area (Å²) in [5.74, 6) is 1.27. The van der Waals surface area contributed by atoms with Crippen LogP contribution in [0.25, 0.3) is 11.1 Å². The van der Waals surface area contributed by atoms with Gasteiger partial charge in [0.2, 0.25) is 11.8 Å². The van der Waals surface area contributed by atoms with Crippen molar-refractivity contribution < 1.29 is 13.9 Å². The van der Waals surface area contributed by atoms with Crippen molar-refractivity contribution in [3.63, 3.8) is 0 Å². The first-order valence-corrected chi connectivity index (χ1v) is 8.02. The number of halogens is 1. The number of rotatable bonds is 3. The molecule has 0 radical (unpaired) electrons. The zero-order valence-corrected chi connectivity index (χ0v) is 13.8. The van der Waals surface area contributed by atoms with Crippen molar-refractivity contribution in [2.24, 2.45) is 0 Å². The first-order chi connectivity index (χ1) is 11.6. The van der Waals surface area contributed by atoms with Gasteiger partial charge in [0, 0.05) is 29.7 Å². The van der Waals surface area contributed by atoms with Gasteiger partial charge >= 0.3 is 0 Å². The Labute approximate surface area is 143 Å². The number of benzene rings is 2. The smallest absolute Gasteiger partial charge is 0.227 e. The van der Waals surface area contributed by atoms with Crippen LogP contribution in [0.1, 0.15) is 18.2 Å². The Morgan fingerprint density at radius 1 is 1.29 bits per heavy atom. The van der Waals surface area contributed by atoms with Gasteiger partial charge in [-0.15, -0.1) is 0 Å². The second-order valence-corrected chi connectivity index (χ2v) is 6.21. The maximum atomic E-state index is 12.4. The Hall–Kier alpha value is -2.53. The SMILES string of the molecule is COc1cccc(N2C[C@@H](c3nc4cc(Cl)ccc4o3)CC2=O)c1. The van der Waals surface area contributed by atoms with E-state index in [9.17, 15) is 4.79 Å². The van der Waals surface area contributed by atoms with Crippen LogP contribution < -0.4 is 9.64 Å². The van der Waals surface area contributed by atoms with E-state index in [1.54, 1.807) is 30.2 Å². The van der Waals surface area contributed by atoms with Gasteiger partial charge in [-0.1, -0.05) is 17.7 Å². The molecule has 24 heavy (non-hydrogen) atoms. The molecule has 0 spiro atoms. The molecule has 1 atom stereocenters. The van der Waals surface area contributed by atoms with Gasteiger partial charge in [0.1, 0.15) is 11.3 Å². The van der Waals surface area contributed by atoms with Gasteiger partial charge in [0.25, 0.3) is 0 Å². The molecule has 2 aromatic carbocycles. The van der Waals surface area contributed by atoms with Gasteiger partial charge < -0.3 is 14.1 Å². The van der Waals surface area contributed by atoms with Crippen LogP contribution in [0.2, 0.25) is 5.02 Å². The Balaban J connectivity index is 1.62. The van der Waals surface area contributed by atoms with Gasteiger partial charge in [-0.3, -0.25) is 4.79 Å². The number of hydrogen-bond donors (Lipinski definition) is 0. The highest BCUT2D eigenvalue weighted by molar-refractivity contribution is 6.31. The number of aromatic nitrogens is 1. The number of oxazole rings is 1. The highest BCUT2D eigenvalue weighted by Crippen LogP contribution is 2.34. The Morgan fingerprint density at radius 3 is 3.00 bits per heavy atom. The summed E-state index contributed by atoms with van der Waals surface area (Å²) in [7, 11) is 1.61. The third kappa shape index (κ3) is 2.61. The summed E-state index contributed by atoms with van der Waals surface area (Å²) in [5.41, 5.74) is 2.22. The molecule has 3 aromatic rings. The van der Waals surface area contributed by atoms with E-state index in [0.717, 1.165) is 11.4 Å². The van der Waals surface area contributed by atoms with Crippen LogP contribution in [0.4, 0.5) is 5.69 Å². The molecule has 1 aliphatic heterocycles. The lowest BCUT2D eigenvalue weighted by molar-refractivity contribution is -0.117. The fraction of sp³-hybridized carbons (Fsp3) is 0.222. The molecular formula is C18H15ClN2O3. The Bertz CT molecular complexity index is 922. The number of nitrogens with zero attached hydrogens (tertiary/aromatic N) is 2. The van der Waals surface area contributed by atoms with E-state index in [1.807, 2.05) is 24.3 Å². The highest BCUT2D eigenvalue weighted by Gasteiger charge is 2.34. The second kappa shape index (κ2) is 5.83. The average molecular weight is 343 g/mol.